The van der Waals surface area contributed by atoms with Gasteiger partial charge < -0.3 is 4.42 Å². The van der Waals surface area contributed by atoms with Gasteiger partial charge in [-0.3, -0.25) is 0 Å². The fraction of sp³-hybridized carbons (Fsp3) is 0. The van der Waals surface area contributed by atoms with Crippen LogP contribution in [-0.2, 0) is 0 Å². The van der Waals surface area contributed by atoms with Crippen LogP contribution in [0.2, 0.25) is 0 Å². The van der Waals surface area contributed by atoms with Gasteiger partial charge in [0.05, 0.1) is 10.8 Å². The molecule has 0 saturated carbocycles. The molecule has 90 valence electrons. The maximum absolute atomic E-state index is 12.2. The smallest absolute Gasteiger partial charge is 0.347 e. The maximum Gasteiger partial charge on any atom is 0.347 e. The number of benzene rings is 3. The summed E-state index contributed by atoms with van der Waals surface area (Å²) in [6.07, 6.45) is 0. The first-order chi connectivity index (χ1) is 9.25. The second-order valence-electron chi connectivity index (χ2n) is 4.55. The molecule has 0 unspecified atom stereocenters. The summed E-state index contributed by atoms with van der Waals surface area (Å²) in [6.45, 7) is 0. The molecule has 0 aliphatic heterocycles. The third-order valence-corrected chi connectivity index (χ3v) is 3.51. The molecule has 0 fully saturated rings. The highest BCUT2D eigenvalue weighted by molar-refractivity contribution is 6.18. The minimum atomic E-state index is -0.582. The van der Waals surface area contributed by atoms with Crippen molar-refractivity contribution in [1.29, 1.82) is 0 Å². The van der Waals surface area contributed by atoms with Crippen LogP contribution in [0.15, 0.2) is 62.5 Å². The Kier molecular flexibility index (Phi) is 1.85. The number of rotatable bonds is 0. The summed E-state index contributed by atoms with van der Waals surface area (Å²) in [5.41, 5.74) is -1.16. The monoisotopic (exact) mass is 248 g/mol. The van der Waals surface area contributed by atoms with Crippen molar-refractivity contribution in [2.75, 3.05) is 0 Å². The molecule has 19 heavy (non-hydrogen) atoms. The van der Waals surface area contributed by atoms with E-state index in [4.69, 9.17) is 4.42 Å². The third-order valence-electron chi connectivity index (χ3n) is 3.51. The Morgan fingerprint density at radius 2 is 1.42 bits per heavy atom. The summed E-state index contributed by atoms with van der Waals surface area (Å²) >= 11 is 0. The van der Waals surface area contributed by atoms with E-state index in [0.717, 1.165) is 21.5 Å². The van der Waals surface area contributed by atoms with Crippen LogP contribution in [0.3, 0.4) is 0 Å². The van der Waals surface area contributed by atoms with Crippen LogP contribution in [0.1, 0.15) is 0 Å². The van der Waals surface area contributed by atoms with Crippen molar-refractivity contribution >= 4 is 32.3 Å². The summed E-state index contributed by atoms with van der Waals surface area (Å²) in [7, 11) is 0. The zero-order valence-electron chi connectivity index (χ0n) is 9.84. The first-order valence-corrected chi connectivity index (χ1v) is 5.97. The van der Waals surface area contributed by atoms with Crippen LogP contribution >= 0.6 is 0 Å². The lowest BCUT2D eigenvalue weighted by Gasteiger charge is -2.03. The Morgan fingerprint density at radius 3 is 2.32 bits per heavy atom. The van der Waals surface area contributed by atoms with E-state index < -0.39 is 11.3 Å². The van der Waals surface area contributed by atoms with Gasteiger partial charge in [0.15, 0.2) is 0 Å². The Morgan fingerprint density at radius 1 is 0.684 bits per heavy atom. The summed E-state index contributed by atoms with van der Waals surface area (Å²) in [4.78, 5) is 24.1. The maximum atomic E-state index is 12.2. The molecule has 4 aromatic rings. The van der Waals surface area contributed by atoms with E-state index in [-0.39, 0.29) is 0 Å². The molecular weight excluding hydrogens is 240 g/mol. The molecule has 0 saturated heterocycles. The lowest BCUT2D eigenvalue weighted by molar-refractivity contribution is 0.492. The molecule has 0 spiro atoms. The van der Waals surface area contributed by atoms with E-state index in [1.54, 1.807) is 12.1 Å². The van der Waals surface area contributed by atoms with Crippen molar-refractivity contribution in [3.63, 3.8) is 0 Å². The number of hydrogen-bond donors (Lipinski definition) is 0. The molecule has 0 atom stereocenters. The van der Waals surface area contributed by atoms with Crippen molar-refractivity contribution in [3.05, 3.63) is 69.4 Å². The van der Waals surface area contributed by atoms with Gasteiger partial charge in [-0.2, -0.15) is 0 Å². The molecule has 3 aromatic carbocycles. The van der Waals surface area contributed by atoms with Gasteiger partial charge in [-0.15, -0.1) is 0 Å². The second-order valence-corrected chi connectivity index (χ2v) is 4.55. The molecule has 0 aliphatic carbocycles. The lowest BCUT2D eigenvalue weighted by atomic mass is 9.98. The highest BCUT2D eigenvalue weighted by Crippen LogP contribution is 2.29. The lowest BCUT2D eigenvalue weighted by Crippen LogP contribution is -2.04. The molecule has 0 radical (unpaired) electrons. The molecule has 0 N–H and O–H groups in total. The predicted octanol–water partition coefficient (Wildman–Crippen LogP) is 2.90. The second kappa shape index (κ2) is 3.42. The van der Waals surface area contributed by atoms with Gasteiger partial charge in [0.2, 0.25) is 0 Å². The summed E-state index contributed by atoms with van der Waals surface area (Å²) in [6, 6.07) is 14.8. The average molecular weight is 248 g/mol. The molecule has 0 amide bonds. The van der Waals surface area contributed by atoms with Gasteiger partial charge >= 0.3 is 11.3 Å². The highest BCUT2D eigenvalue weighted by atomic mass is 16.4. The average Bonchev–Trinajstić information content (AvgIpc) is 2.47. The molecule has 4 rings (SSSR count). The van der Waals surface area contributed by atoms with Gasteiger partial charge in [-0.05, 0) is 33.7 Å². The predicted molar refractivity (Wildman–Crippen MR) is 75.0 cm³/mol. The molecule has 3 heteroatoms. The van der Waals surface area contributed by atoms with Gasteiger partial charge in [0.25, 0.3) is 0 Å². The minimum absolute atomic E-state index is 0.440. The van der Waals surface area contributed by atoms with E-state index in [1.807, 2.05) is 36.4 Å². The number of hydrogen-bond acceptors (Lipinski definition) is 3. The van der Waals surface area contributed by atoms with Crippen LogP contribution in [0.25, 0.3) is 32.3 Å². The van der Waals surface area contributed by atoms with E-state index in [2.05, 4.69) is 0 Å². The van der Waals surface area contributed by atoms with Crippen LogP contribution in [0.5, 0.6) is 0 Å². The molecule has 1 aromatic heterocycles. The Balaban J connectivity index is 2.60. The summed E-state index contributed by atoms with van der Waals surface area (Å²) in [5, 5.41) is 4.20. The van der Waals surface area contributed by atoms with Crippen molar-refractivity contribution in [3.8, 4) is 0 Å². The molecular formula is C16H8O3. The van der Waals surface area contributed by atoms with Crippen molar-refractivity contribution in [1.82, 2.24) is 0 Å². The van der Waals surface area contributed by atoms with Crippen molar-refractivity contribution in [2.24, 2.45) is 0 Å². The van der Waals surface area contributed by atoms with Crippen molar-refractivity contribution in [2.45, 2.75) is 0 Å². The Labute approximate surface area is 107 Å². The quantitative estimate of drug-likeness (QED) is 0.449. The third kappa shape index (κ3) is 1.27. The van der Waals surface area contributed by atoms with E-state index in [9.17, 15) is 9.59 Å². The van der Waals surface area contributed by atoms with Crippen LogP contribution in [0, 0.1) is 0 Å². The topological polar surface area (TPSA) is 47.3 Å². The Bertz CT molecular complexity index is 1040. The molecule has 3 nitrogen and oxygen atoms in total. The van der Waals surface area contributed by atoms with Gasteiger partial charge in [0.1, 0.15) is 0 Å². The summed E-state index contributed by atoms with van der Waals surface area (Å²) < 4.78 is 4.91. The molecule has 4 bridgehead atoms. The fourth-order valence-corrected chi connectivity index (χ4v) is 2.68. The van der Waals surface area contributed by atoms with Crippen molar-refractivity contribution < 1.29 is 4.42 Å². The first-order valence-electron chi connectivity index (χ1n) is 5.97. The largest absolute Gasteiger partial charge is 0.386 e. The summed E-state index contributed by atoms with van der Waals surface area (Å²) in [5.74, 6) is 0. The zero-order chi connectivity index (χ0) is 13.0. The van der Waals surface area contributed by atoms with Crippen LogP contribution in [-0.4, -0.2) is 0 Å². The Hall–Kier alpha value is -2.68. The van der Waals surface area contributed by atoms with E-state index in [0.29, 0.717) is 10.8 Å². The van der Waals surface area contributed by atoms with Crippen LogP contribution in [0.4, 0.5) is 0 Å². The van der Waals surface area contributed by atoms with E-state index in [1.165, 1.54) is 0 Å². The van der Waals surface area contributed by atoms with Gasteiger partial charge in [-0.25, -0.2) is 9.59 Å². The van der Waals surface area contributed by atoms with Crippen LogP contribution < -0.4 is 11.3 Å². The SMILES string of the molecule is O=c1oc(=O)c2c3ccccc3cc3c1cccc32. The number of fused-ring (bicyclic) bond motifs is 2. The molecule has 1 heterocycles. The fourth-order valence-electron chi connectivity index (χ4n) is 2.68. The van der Waals surface area contributed by atoms with Gasteiger partial charge in [0, 0.05) is 0 Å². The molecule has 0 aliphatic rings. The van der Waals surface area contributed by atoms with E-state index >= 15 is 0 Å². The zero-order valence-corrected chi connectivity index (χ0v) is 9.84. The highest BCUT2D eigenvalue weighted by Gasteiger charge is 2.12. The normalized spacial score (nSPS) is 11.6. The first kappa shape index (κ1) is 10.3. The minimum Gasteiger partial charge on any atom is -0.386 e. The standard InChI is InChI=1S/C16H8O3/c17-15-12-7-3-6-11-13(12)8-9-4-1-2-5-10(9)14(11)16(18)19-15/h1-8H. The van der Waals surface area contributed by atoms with Gasteiger partial charge in [-0.1, -0.05) is 36.4 Å².